The van der Waals surface area contributed by atoms with Gasteiger partial charge in [0.2, 0.25) is 0 Å². The van der Waals surface area contributed by atoms with Gasteiger partial charge in [-0.3, -0.25) is 0 Å². The minimum atomic E-state index is -4.40. The summed E-state index contributed by atoms with van der Waals surface area (Å²) < 4.78 is 41.1. The van der Waals surface area contributed by atoms with Crippen LogP contribution in [0.1, 0.15) is 19.4 Å². The summed E-state index contributed by atoms with van der Waals surface area (Å²) in [4.78, 5) is 11.6. The first-order chi connectivity index (χ1) is 9.19. The van der Waals surface area contributed by atoms with E-state index in [-0.39, 0.29) is 11.8 Å². The van der Waals surface area contributed by atoms with E-state index >= 15 is 0 Å². The van der Waals surface area contributed by atoms with Gasteiger partial charge in [0.1, 0.15) is 5.75 Å². The summed E-state index contributed by atoms with van der Waals surface area (Å²) in [5.74, 6) is 0.0877. The summed E-state index contributed by atoms with van der Waals surface area (Å²) >= 11 is 0. The van der Waals surface area contributed by atoms with Crippen molar-refractivity contribution in [1.29, 1.82) is 0 Å². The van der Waals surface area contributed by atoms with Crippen LogP contribution in [0.4, 0.5) is 23.7 Å². The molecule has 0 aliphatic carbocycles. The monoisotopic (exact) mass is 290 g/mol. The zero-order chi connectivity index (χ0) is 15.3. The number of hydrogen-bond acceptors (Lipinski definition) is 2. The van der Waals surface area contributed by atoms with Crippen LogP contribution in [-0.4, -0.2) is 24.9 Å². The van der Waals surface area contributed by atoms with Gasteiger partial charge in [-0.25, -0.2) is 4.79 Å². The van der Waals surface area contributed by atoms with Gasteiger partial charge < -0.3 is 15.4 Å². The molecule has 2 N–H and O–H groups in total. The Morgan fingerprint density at radius 2 is 2.00 bits per heavy atom. The molecule has 0 fully saturated rings. The van der Waals surface area contributed by atoms with E-state index < -0.39 is 18.8 Å². The topological polar surface area (TPSA) is 50.4 Å². The first-order valence-corrected chi connectivity index (χ1v) is 6.05. The van der Waals surface area contributed by atoms with E-state index in [4.69, 9.17) is 4.74 Å². The molecule has 1 aromatic carbocycles. The van der Waals surface area contributed by atoms with Crippen molar-refractivity contribution in [2.24, 2.45) is 0 Å². The van der Waals surface area contributed by atoms with Crippen molar-refractivity contribution in [3.63, 3.8) is 0 Å². The summed E-state index contributed by atoms with van der Waals surface area (Å²) in [7, 11) is 0. The predicted octanol–water partition coefficient (Wildman–Crippen LogP) is 3.47. The number of amides is 2. The van der Waals surface area contributed by atoms with Crippen LogP contribution < -0.4 is 15.4 Å². The number of rotatable bonds is 4. The maximum absolute atomic E-state index is 12.1. The molecule has 20 heavy (non-hydrogen) atoms. The Bertz CT molecular complexity index is 473. The molecule has 0 aliphatic rings. The van der Waals surface area contributed by atoms with Crippen molar-refractivity contribution in [1.82, 2.24) is 5.32 Å². The van der Waals surface area contributed by atoms with Crippen molar-refractivity contribution < 1.29 is 22.7 Å². The van der Waals surface area contributed by atoms with Gasteiger partial charge in [0, 0.05) is 17.3 Å². The number of urea groups is 1. The van der Waals surface area contributed by atoms with Crippen LogP contribution in [0.25, 0.3) is 0 Å². The lowest BCUT2D eigenvalue weighted by molar-refractivity contribution is -0.153. The van der Waals surface area contributed by atoms with Crippen LogP contribution >= 0.6 is 0 Å². The van der Waals surface area contributed by atoms with Crippen molar-refractivity contribution in [2.45, 2.75) is 33.0 Å². The number of hydrogen-bond donors (Lipinski definition) is 2. The summed E-state index contributed by atoms with van der Waals surface area (Å²) in [6, 6.07) is 4.07. The second-order valence-corrected chi connectivity index (χ2v) is 4.59. The van der Waals surface area contributed by atoms with Crippen molar-refractivity contribution >= 4 is 11.7 Å². The Balaban J connectivity index is 2.77. The van der Waals surface area contributed by atoms with E-state index in [0.29, 0.717) is 11.3 Å². The van der Waals surface area contributed by atoms with E-state index in [0.717, 1.165) is 0 Å². The third-order valence-corrected chi connectivity index (χ3v) is 2.34. The second-order valence-electron chi connectivity index (χ2n) is 4.59. The summed E-state index contributed by atoms with van der Waals surface area (Å²) in [5, 5.41) is 5.19. The lowest BCUT2D eigenvalue weighted by Gasteiger charge is -2.15. The van der Waals surface area contributed by atoms with Gasteiger partial charge in [-0.1, -0.05) is 6.07 Å². The maximum atomic E-state index is 12.1. The average Bonchev–Trinajstić information content (AvgIpc) is 2.28. The number of carbonyl (C=O) groups is 1. The molecule has 1 rings (SSSR count). The summed E-state index contributed by atoms with van der Waals surface area (Å²) in [6.07, 6.45) is -4.40. The molecule has 0 spiro atoms. The average molecular weight is 290 g/mol. The molecule has 112 valence electrons. The highest BCUT2D eigenvalue weighted by Crippen LogP contribution is 2.27. The molecule has 0 radical (unpaired) electrons. The molecule has 0 bridgehead atoms. The first-order valence-electron chi connectivity index (χ1n) is 6.05. The smallest absolute Gasteiger partial charge is 0.422 e. The number of halogens is 3. The van der Waals surface area contributed by atoms with Gasteiger partial charge in [-0.05, 0) is 32.9 Å². The highest BCUT2D eigenvalue weighted by Gasteiger charge is 2.28. The number of nitrogens with one attached hydrogen (secondary N) is 2. The molecular weight excluding hydrogens is 273 g/mol. The Morgan fingerprint density at radius 1 is 1.35 bits per heavy atom. The number of alkyl halides is 3. The fraction of sp³-hybridized carbons (Fsp3) is 0.462. The van der Waals surface area contributed by atoms with Crippen molar-refractivity contribution in [2.75, 3.05) is 11.9 Å². The minimum Gasteiger partial charge on any atom is -0.484 e. The molecule has 0 unspecified atom stereocenters. The van der Waals surface area contributed by atoms with Gasteiger partial charge in [0.25, 0.3) is 0 Å². The molecule has 0 heterocycles. The van der Waals surface area contributed by atoms with Crippen LogP contribution in [0.2, 0.25) is 0 Å². The molecule has 1 aromatic rings. The van der Waals surface area contributed by atoms with Crippen molar-refractivity contribution in [3.05, 3.63) is 23.8 Å². The minimum absolute atomic E-state index is 0.0417. The van der Waals surface area contributed by atoms with Gasteiger partial charge in [-0.2, -0.15) is 13.2 Å². The second kappa shape index (κ2) is 6.49. The van der Waals surface area contributed by atoms with Gasteiger partial charge in [-0.15, -0.1) is 0 Å². The molecule has 0 saturated carbocycles. The van der Waals surface area contributed by atoms with E-state index in [1.165, 1.54) is 12.1 Å². The molecule has 0 aliphatic heterocycles. The maximum Gasteiger partial charge on any atom is 0.422 e. The molecule has 0 saturated heterocycles. The summed E-state index contributed by atoms with van der Waals surface area (Å²) in [5.41, 5.74) is 0.846. The molecule has 2 amide bonds. The molecule has 7 heteroatoms. The Labute approximate surface area is 115 Å². The largest absolute Gasteiger partial charge is 0.484 e. The SMILES string of the molecule is Cc1c(NC(=O)NC(C)C)cccc1OCC(F)(F)F. The van der Waals surface area contributed by atoms with Crippen LogP contribution in [0.5, 0.6) is 5.75 Å². The quantitative estimate of drug-likeness (QED) is 0.892. The Hall–Kier alpha value is -1.92. The highest BCUT2D eigenvalue weighted by atomic mass is 19.4. The van der Waals surface area contributed by atoms with E-state index in [1.807, 2.05) is 0 Å². The van der Waals surface area contributed by atoms with Gasteiger partial charge in [0.15, 0.2) is 6.61 Å². The van der Waals surface area contributed by atoms with Crippen LogP contribution in [-0.2, 0) is 0 Å². The highest BCUT2D eigenvalue weighted by molar-refractivity contribution is 5.90. The van der Waals surface area contributed by atoms with Crippen LogP contribution in [0, 0.1) is 6.92 Å². The van der Waals surface area contributed by atoms with E-state index in [2.05, 4.69) is 10.6 Å². The third-order valence-electron chi connectivity index (χ3n) is 2.34. The molecule has 4 nitrogen and oxygen atoms in total. The van der Waals surface area contributed by atoms with Crippen LogP contribution in [0.3, 0.4) is 0 Å². The lowest BCUT2D eigenvalue weighted by atomic mass is 10.2. The normalized spacial score (nSPS) is 11.3. The molecule has 0 aromatic heterocycles. The van der Waals surface area contributed by atoms with E-state index in [1.54, 1.807) is 26.8 Å². The predicted molar refractivity (Wildman–Crippen MR) is 70.0 cm³/mol. The number of benzene rings is 1. The summed E-state index contributed by atoms with van der Waals surface area (Å²) in [6.45, 7) is 3.82. The molecule has 0 atom stereocenters. The van der Waals surface area contributed by atoms with Crippen molar-refractivity contribution in [3.8, 4) is 5.75 Å². The fourth-order valence-corrected chi connectivity index (χ4v) is 1.49. The number of ether oxygens (including phenoxy) is 1. The lowest BCUT2D eigenvalue weighted by Crippen LogP contribution is -2.34. The zero-order valence-corrected chi connectivity index (χ0v) is 11.5. The van der Waals surface area contributed by atoms with E-state index in [9.17, 15) is 18.0 Å². The first kappa shape index (κ1) is 16.1. The standard InChI is InChI=1S/C13H17F3N2O2/c1-8(2)17-12(19)18-10-5-4-6-11(9(10)3)20-7-13(14,15)16/h4-6,8H,7H2,1-3H3,(H2,17,18,19). The Kier molecular flexibility index (Phi) is 5.24. The van der Waals surface area contributed by atoms with Gasteiger partial charge in [0.05, 0.1) is 0 Å². The zero-order valence-electron chi connectivity index (χ0n) is 11.5. The molecular formula is C13H17F3N2O2. The Morgan fingerprint density at radius 3 is 2.55 bits per heavy atom. The number of anilines is 1. The van der Waals surface area contributed by atoms with Gasteiger partial charge >= 0.3 is 12.2 Å². The number of carbonyl (C=O) groups excluding carboxylic acids is 1. The fourth-order valence-electron chi connectivity index (χ4n) is 1.49. The van der Waals surface area contributed by atoms with Crippen LogP contribution in [0.15, 0.2) is 18.2 Å². The third kappa shape index (κ3) is 5.38.